The van der Waals surface area contributed by atoms with Gasteiger partial charge in [-0.1, -0.05) is 19.1 Å². The Hall–Kier alpha value is -1.06. The van der Waals surface area contributed by atoms with Crippen LogP contribution in [0.3, 0.4) is 0 Å². The van der Waals surface area contributed by atoms with Crippen LogP contribution < -0.4 is 11.5 Å². The van der Waals surface area contributed by atoms with Crippen molar-refractivity contribution in [2.24, 2.45) is 17.4 Å². The van der Waals surface area contributed by atoms with E-state index in [1.165, 1.54) is 5.56 Å². The fourth-order valence-electron chi connectivity index (χ4n) is 1.98. The van der Waals surface area contributed by atoms with Gasteiger partial charge in [-0.15, -0.1) is 0 Å². The van der Waals surface area contributed by atoms with Crippen molar-refractivity contribution >= 4 is 0 Å². The quantitative estimate of drug-likeness (QED) is 0.687. The predicted octanol–water partition coefficient (Wildman–Crippen LogP) is 1.81. The van der Waals surface area contributed by atoms with Crippen LogP contribution in [0.1, 0.15) is 31.2 Å². The molecule has 0 aliphatic rings. The lowest BCUT2D eigenvalue weighted by atomic mass is 9.87. The summed E-state index contributed by atoms with van der Waals surface area (Å²) in [7, 11) is 0. The maximum Gasteiger partial charge on any atom is 0.115 e. The van der Waals surface area contributed by atoms with Gasteiger partial charge in [-0.3, -0.25) is 0 Å². The molecule has 0 heterocycles. The van der Waals surface area contributed by atoms with E-state index in [0.717, 1.165) is 12.8 Å². The molecular formula is C13H22N2O. The zero-order valence-corrected chi connectivity index (χ0v) is 9.89. The van der Waals surface area contributed by atoms with E-state index in [2.05, 4.69) is 6.92 Å². The third-order valence-corrected chi connectivity index (χ3v) is 3.14. The van der Waals surface area contributed by atoms with E-state index in [1.54, 1.807) is 12.1 Å². The topological polar surface area (TPSA) is 72.3 Å². The van der Waals surface area contributed by atoms with Gasteiger partial charge in [0, 0.05) is 0 Å². The summed E-state index contributed by atoms with van der Waals surface area (Å²) in [6.45, 7) is 3.46. The lowest BCUT2D eigenvalue weighted by molar-refractivity contribution is 0.441. The highest BCUT2D eigenvalue weighted by Gasteiger charge is 2.14. The molecule has 1 atom stereocenters. The molecule has 1 aromatic carbocycles. The largest absolute Gasteiger partial charge is 0.508 e. The summed E-state index contributed by atoms with van der Waals surface area (Å²) in [4.78, 5) is 0. The minimum atomic E-state index is 0.313. The molecule has 0 radical (unpaired) electrons. The van der Waals surface area contributed by atoms with Crippen molar-refractivity contribution in [3.05, 3.63) is 29.8 Å². The molecule has 0 saturated carbocycles. The SMILES string of the molecule is CCC(CC(CN)CN)c1ccc(O)cc1. The molecule has 0 spiro atoms. The Labute approximate surface area is 97.5 Å². The van der Waals surface area contributed by atoms with Crippen LogP contribution in [0.4, 0.5) is 0 Å². The number of hydrogen-bond donors (Lipinski definition) is 3. The van der Waals surface area contributed by atoms with Crippen molar-refractivity contribution in [1.82, 2.24) is 0 Å². The van der Waals surface area contributed by atoms with Gasteiger partial charge in [0.15, 0.2) is 0 Å². The highest BCUT2D eigenvalue weighted by Crippen LogP contribution is 2.27. The first-order chi connectivity index (χ1) is 7.71. The number of hydrogen-bond acceptors (Lipinski definition) is 3. The van der Waals surface area contributed by atoms with Crippen LogP contribution in [0.25, 0.3) is 0 Å². The van der Waals surface area contributed by atoms with E-state index in [0.29, 0.717) is 30.7 Å². The van der Waals surface area contributed by atoms with Crippen LogP contribution in [0.2, 0.25) is 0 Å². The zero-order chi connectivity index (χ0) is 12.0. The van der Waals surface area contributed by atoms with Crippen molar-refractivity contribution in [1.29, 1.82) is 0 Å². The Morgan fingerprint density at radius 3 is 2.12 bits per heavy atom. The number of phenolic OH excluding ortho intramolecular Hbond substituents is 1. The first kappa shape index (κ1) is 13.0. The molecule has 90 valence electrons. The average Bonchev–Trinajstić information content (AvgIpc) is 2.32. The van der Waals surface area contributed by atoms with Crippen molar-refractivity contribution in [3.8, 4) is 5.75 Å². The molecule has 1 aromatic rings. The molecule has 0 fully saturated rings. The smallest absolute Gasteiger partial charge is 0.115 e. The Morgan fingerprint density at radius 2 is 1.69 bits per heavy atom. The second-order valence-corrected chi connectivity index (χ2v) is 4.27. The van der Waals surface area contributed by atoms with Crippen LogP contribution in [-0.4, -0.2) is 18.2 Å². The molecule has 16 heavy (non-hydrogen) atoms. The minimum Gasteiger partial charge on any atom is -0.508 e. The summed E-state index contributed by atoms with van der Waals surface area (Å²) in [5.74, 6) is 1.18. The highest BCUT2D eigenvalue weighted by molar-refractivity contribution is 5.28. The van der Waals surface area contributed by atoms with Crippen LogP contribution in [0.5, 0.6) is 5.75 Å². The summed E-state index contributed by atoms with van der Waals surface area (Å²) < 4.78 is 0. The summed E-state index contributed by atoms with van der Waals surface area (Å²) in [5.41, 5.74) is 12.6. The summed E-state index contributed by atoms with van der Waals surface area (Å²) in [6.07, 6.45) is 2.09. The van der Waals surface area contributed by atoms with Gasteiger partial charge in [0.2, 0.25) is 0 Å². The van der Waals surface area contributed by atoms with Gasteiger partial charge < -0.3 is 16.6 Å². The van der Waals surface area contributed by atoms with E-state index in [4.69, 9.17) is 11.5 Å². The molecule has 1 unspecified atom stereocenters. The first-order valence-corrected chi connectivity index (χ1v) is 5.90. The van der Waals surface area contributed by atoms with Crippen LogP contribution in [0, 0.1) is 5.92 Å². The molecule has 0 saturated heterocycles. The van der Waals surface area contributed by atoms with Gasteiger partial charge >= 0.3 is 0 Å². The van der Waals surface area contributed by atoms with E-state index in [9.17, 15) is 5.11 Å². The highest BCUT2D eigenvalue weighted by atomic mass is 16.3. The molecule has 3 nitrogen and oxygen atoms in total. The molecule has 0 aliphatic heterocycles. The van der Waals surface area contributed by atoms with Crippen molar-refractivity contribution in [2.45, 2.75) is 25.7 Å². The first-order valence-electron chi connectivity index (χ1n) is 5.90. The van der Waals surface area contributed by atoms with Crippen molar-refractivity contribution in [2.75, 3.05) is 13.1 Å². The molecule has 1 rings (SSSR count). The minimum absolute atomic E-state index is 0.313. The van der Waals surface area contributed by atoms with Gasteiger partial charge in [0.25, 0.3) is 0 Å². The van der Waals surface area contributed by atoms with Gasteiger partial charge in [-0.05, 0) is 55.5 Å². The molecule has 0 bridgehead atoms. The molecule has 0 amide bonds. The maximum atomic E-state index is 9.25. The van der Waals surface area contributed by atoms with Gasteiger partial charge in [-0.2, -0.15) is 0 Å². The van der Waals surface area contributed by atoms with Gasteiger partial charge in [0.05, 0.1) is 0 Å². The van der Waals surface area contributed by atoms with Gasteiger partial charge in [-0.25, -0.2) is 0 Å². The average molecular weight is 222 g/mol. The number of rotatable bonds is 6. The summed E-state index contributed by atoms with van der Waals surface area (Å²) in [5, 5.41) is 9.25. The second kappa shape index (κ2) is 6.51. The van der Waals surface area contributed by atoms with Crippen LogP contribution in [-0.2, 0) is 0 Å². The number of nitrogens with two attached hydrogens (primary N) is 2. The lowest BCUT2D eigenvalue weighted by Gasteiger charge is -2.20. The monoisotopic (exact) mass is 222 g/mol. The molecule has 3 heteroatoms. The zero-order valence-electron chi connectivity index (χ0n) is 9.89. The van der Waals surface area contributed by atoms with Crippen molar-refractivity contribution in [3.63, 3.8) is 0 Å². The fraction of sp³-hybridized carbons (Fsp3) is 0.538. The molecular weight excluding hydrogens is 200 g/mol. The number of aromatic hydroxyl groups is 1. The number of phenols is 1. The number of benzene rings is 1. The third-order valence-electron chi connectivity index (χ3n) is 3.14. The fourth-order valence-corrected chi connectivity index (χ4v) is 1.98. The summed E-state index contributed by atoms with van der Waals surface area (Å²) >= 11 is 0. The Kier molecular flexibility index (Phi) is 5.29. The molecule has 5 N–H and O–H groups in total. The Balaban J connectivity index is 2.70. The predicted molar refractivity (Wildman–Crippen MR) is 67.4 cm³/mol. The van der Waals surface area contributed by atoms with Crippen molar-refractivity contribution < 1.29 is 5.11 Å². The second-order valence-electron chi connectivity index (χ2n) is 4.27. The van der Waals surface area contributed by atoms with E-state index >= 15 is 0 Å². The maximum absolute atomic E-state index is 9.25. The van der Waals surface area contributed by atoms with E-state index in [-0.39, 0.29) is 0 Å². The Bertz CT molecular complexity index is 293. The Morgan fingerprint density at radius 1 is 1.12 bits per heavy atom. The standard InChI is InChI=1S/C13H22N2O/c1-2-11(7-10(8-14)9-15)12-3-5-13(16)6-4-12/h3-6,10-11,16H,2,7-9,14-15H2,1H3. The lowest BCUT2D eigenvalue weighted by Crippen LogP contribution is -2.25. The molecule has 0 aromatic heterocycles. The van der Waals surface area contributed by atoms with E-state index in [1.807, 2.05) is 12.1 Å². The normalized spacial score (nSPS) is 13.0. The van der Waals surface area contributed by atoms with Gasteiger partial charge in [0.1, 0.15) is 5.75 Å². The van der Waals surface area contributed by atoms with Crippen LogP contribution in [0.15, 0.2) is 24.3 Å². The van der Waals surface area contributed by atoms with E-state index < -0.39 is 0 Å². The van der Waals surface area contributed by atoms with Crippen LogP contribution >= 0.6 is 0 Å². The third kappa shape index (κ3) is 3.51. The molecule has 0 aliphatic carbocycles. The summed E-state index contributed by atoms with van der Waals surface area (Å²) in [6, 6.07) is 7.43.